The number of nitrogens with one attached hydrogen (secondary N) is 11. The minimum absolute atomic E-state index is 0. The van der Waals surface area contributed by atoms with Crippen LogP contribution in [0.3, 0.4) is 0 Å². The number of carbonyl (C=O) groups excluding carboxylic acids is 9. The van der Waals surface area contributed by atoms with Gasteiger partial charge in [-0.1, -0.05) is 93.7 Å². The van der Waals surface area contributed by atoms with Gasteiger partial charge in [-0.25, -0.2) is 34.7 Å². The zero-order valence-electron chi connectivity index (χ0n) is 58.2. The average Bonchev–Trinajstić information content (AvgIpc) is 1.63. The van der Waals surface area contributed by atoms with E-state index in [2.05, 4.69) is 87.4 Å². The summed E-state index contributed by atoms with van der Waals surface area (Å²) in [5.74, 6) is -0.965. The fraction of sp³-hybridized carbons (Fsp3) is 0.260. The van der Waals surface area contributed by atoms with Gasteiger partial charge in [0, 0.05) is 51.3 Å². The Labute approximate surface area is 624 Å². The zero-order chi connectivity index (χ0) is 74.7. The van der Waals surface area contributed by atoms with E-state index in [0.717, 1.165) is 27.8 Å². The smallest absolute Gasteiger partial charge is 0.412 e. The number of esters is 1. The Morgan fingerprint density at radius 1 is 0.560 bits per heavy atom. The lowest BCUT2D eigenvalue weighted by Gasteiger charge is -2.19. The molecule has 11 aromatic rings. The first-order chi connectivity index (χ1) is 51.8. The molecular weight excluding hydrogens is 1400 g/mol. The third-order valence-electron chi connectivity index (χ3n) is 17.3. The minimum Gasteiger partial charge on any atom is -0.482 e. The van der Waals surface area contributed by atoms with Crippen molar-refractivity contribution in [1.82, 2.24) is 60.8 Å². The van der Waals surface area contributed by atoms with E-state index in [-0.39, 0.29) is 119 Å². The maximum absolute atomic E-state index is 13.2. The molecule has 0 aliphatic carbocycles. The van der Waals surface area contributed by atoms with E-state index in [9.17, 15) is 43.2 Å². The van der Waals surface area contributed by atoms with Crippen LogP contribution >= 0.6 is 0 Å². The van der Waals surface area contributed by atoms with E-state index in [1.165, 1.54) is 25.2 Å². The molecule has 0 saturated carbocycles. The van der Waals surface area contributed by atoms with Crippen LogP contribution in [0.1, 0.15) is 127 Å². The van der Waals surface area contributed by atoms with Crippen molar-refractivity contribution in [2.45, 2.75) is 92.5 Å². The first-order valence-electron chi connectivity index (χ1n) is 34.1. The number of aromatic nitrogens is 9. The maximum Gasteiger partial charge on any atom is 0.412 e. The molecule has 0 radical (unpaired) electrons. The number of hydrogen-bond acceptors (Lipinski definition) is 21. The monoisotopic (exact) mass is 1480 g/mol. The van der Waals surface area contributed by atoms with Crippen LogP contribution in [-0.2, 0) is 53.1 Å². The predicted octanol–water partition coefficient (Wildman–Crippen LogP) is 9.94. The molecule has 1 saturated heterocycles. The Bertz CT molecular complexity index is 5230. The Kier molecular flexibility index (Phi) is 23.8. The Morgan fingerprint density at radius 3 is 1.48 bits per heavy atom. The summed E-state index contributed by atoms with van der Waals surface area (Å²) in [6.45, 7) is 9.05. The van der Waals surface area contributed by atoms with Gasteiger partial charge in [0.2, 0.25) is 5.91 Å². The second-order valence-electron chi connectivity index (χ2n) is 25.8. The molecule has 1 fully saturated rings. The highest BCUT2D eigenvalue weighted by atomic mass is 16.6. The summed E-state index contributed by atoms with van der Waals surface area (Å²) >= 11 is 0. The van der Waals surface area contributed by atoms with Crippen molar-refractivity contribution in [3.8, 4) is 17.2 Å². The fourth-order valence-corrected chi connectivity index (χ4v) is 12.3. The van der Waals surface area contributed by atoms with E-state index in [0.29, 0.717) is 117 Å². The van der Waals surface area contributed by atoms with Crippen molar-refractivity contribution >= 4 is 121 Å². The van der Waals surface area contributed by atoms with Gasteiger partial charge in [-0.15, -0.1) is 0 Å². The quantitative estimate of drug-likeness (QED) is 0.0335. The van der Waals surface area contributed by atoms with Gasteiger partial charge in [0.05, 0.1) is 69.1 Å². The molecular formula is C77H80N18O14. The molecule has 2 unspecified atom stereocenters. The molecule has 0 bridgehead atoms. The highest BCUT2D eigenvalue weighted by Gasteiger charge is 2.36. The van der Waals surface area contributed by atoms with Gasteiger partial charge in [0.15, 0.2) is 36.9 Å². The van der Waals surface area contributed by atoms with Crippen molar-refractivity contribution in [2.75, 3.05) is 71.0 Å². The van der Waals surface area contributed by atoms with Gasteiger partial charge in [-0.3, -0.25) is 43.7 Å². The predicted molar refractivity (Wildman–Crippen MR) is 405 cm³/mol. The first kappa shape index (κ1) is 76.3. The van der Waals surface area contributed by atoms with Crippen LogP contribution in [0.4, 0.5) is 38.9 Å². The lowest BCUT2D eigenvalue weighted by atomic mass is 9.96. The van der Waals surface area contributed by atoms with Crippen molar-refractivity contribution < 1.29 is 66.8 Å². The molecule has 4 aliphatic heterocycles. The number of benzene rings is 5. The molecule has 6 aromatic heterocycles. The van der Waals surface area contributed by atoms with Crippen LogP contribution in [0.15, 0.2) is 153 Å². The SMILES string of the molecule is C.C.CC(C)(C)OC(=O)Nc1c[nH]c2c(C(=O)NCc3ccc4c(c3)NC(=O)CO4)ncnc12.CCOC(=O)C(CCNc1c[nH]c2c(C(=O)NCc3ccc4c(c3)NC(=O)CO4)ncnc12)c1ccccc1.O=C1COc2ccc(CNC(=O)c3ncnc4c(N5CCC(c6ccccc6)C5=O)c[nH]c34)cc2N1. The second-order valence-corrected chi connectivity index (χ2v) is 25.8. The fourth-order valence-electron chi connectivity index (χ4n) is 12.3. The molecule has 10 heterocycles. The van der Waals surface area contributed by atoms with Crippen LogP contribution in [0.25, 0.3) is 33.1 Å². The van der Waals surface area contributed by atoms with E-state index in [1.807, 2.05) is 72.8 Å². The summed E-state index contributed by atoms with van der Waals surface area (Å²) in [6, 6.07) is 35.2. The Balaban J connectivity index is 0.000000162. The summed E-state index contributed by atoms with van der Waals surface area (Å²) in [5, 5.41) is 22.7. The number of fused-ring (bicyclic) bond motifs is 6. The van der Waals surface area contributed by atoms with Gasteiger partial charge in [-0.05, 0) is 105 Å². The van der Waals surface area contributed by atoms with Gasteiger partial charge >= 0.3 is 12.1 Å². The molecule has 5 aromatic carbocycles. The normalized spacial score (nSPS) is 14.1. The first-order valence-corrected chi connectivity index (χ1v) is 34.1. The summed E-state index contributed by atoms with van der Waals surface area (Å²) in [7, 11) is 0. The highest BCUT2D eigenvalue weighted by molar-refractivity contribution is 6.11. The van der Waals surface area contributed by atoms with E-state index >= 15 is 0 Å². The van der Waals surface area contributed by atoms with Crippen LogP contribution in [-0.4, -0.2) is 143 Å². The summed E-state index contributed by atoms with van der Waals surface area (Å²) in [6.07, 6.45) is 9.45. The number of rotatable bonds is 19. The summed E-state index contributed by atoms with van der Waals surface area (Å²) < 4.78 is 26.6. The minimum atomic E-state index is -0.651. The van der Waals surface area contributed by atoms with Crippen molar-refractivity contribution in [2.24, 2.45) is 0 Å². The van der Waals surface area contributed by atoms with Crippen molar-refractivity contribution in [3.05, 3.63) is 198 Å². The van der Waals surface area contributed by atoms with Gasteiger partial charge < -0.3 is 80.8 Å². The Morgan fingerprint density at radius 2 is 1.00 bits per heavy atom. The van der Waals surface area contributed by atoms with Crippen molar-refractivity contribution in [3.63, 3.8) is 0 Å². The number of amides is 8. The lowest BCUT2D eigenvalue weighted by Crippen LogP contribution is -2.27. The van der Waals surface area contributed by atoms with Gasteiger partial charge in [0.1, 0.15) is 58.4 Å². The summed E-state index contributed by atoms with van der Waals surface area (Å²) in [4.78, 5) is 147. The maximum atomic E-state index is 13.2. The Hall–Kier alpha value is -13.8. The molecule has 0 spiro atoms. The van der Waals surface area contributed by atoms with Crippen LogP contribution in [0.2, 0.25) is 0 Å². The molecule has 11 N–H and O–H groups in total. The highest BCUT2D eigenvalue weighted by Crippen LogP contribution is 2.37. The van der Waals surface area contributed by atoms with Crippen molar-refractivity contribution in [1.29, 1.82) is 0 Å². The van der Waals surface area contributed by atoms with E-state index in [1.54, 1.807) is 87.5 Å². The van der Waals surface area contributed by atoms with Gasteiger partial charge in [0.25, 0.3) is 35.4 Å². The standard InChI is InChI=1S/C28H28N6O5.C26H22N6O4.C21H22N6O5.2CH4/c1-2-38-28(37)19(18-6-4-3-5-7-18)10-11-29-21-14-30-25-24(21)32-16-33-26(25)27(36)31-13-17-8-9-22-20(12-17)34-23(35)15-39-22;33-21-13-36-20-7-6-15(10-18(20)31-21)11-28-25(34)24-23-22(29-14-30-24)19(12-27-23)32-9-8-17(26(32)35)16-4-2-1-3-5-16;1-21(2,3)32-20(30)27-13-8-22-17-16(13)24-10-25-18(17)19(29)23-7-11-4-5-14-12(6-11)26-15(28)9-31-14;;/h3-9,12,14,16,19,29-30H,2,10-11,13,15H2,1H3,(H,31,36)(H,34,35);1-7,10,12,14,17,27H,8-9,11,13H2,(H,28,34)(H,31,33);4-6,8,10,22H,7,9H2,1-3H3,(H,23,29)(H,26,28)(H,27,30);2*1H4. The largest absolute Gasteiger partial charge is 0.482 e. The number of anilines is 6. The summed E-state index contributed by atoms with van der Waals surface area (Å²) in [5.41, 5.74) is 10.3. The van der Waals surface area contributed by atoms with Gasteiger partial charge in [-0.2, -0.15) is 0 Å². The zero-order valence-corrected chi connectivity index (χ0v) is 58.2. The molecule has 8 amide bonds. The number of hydrogen-bond donors (Lipinski definition) is 11. The number of H-pyrrole nitrogens is 3. The molecule has 32 heteroatoms. The topological polar surface area (TPSA) is 424 Å². The third-order valence-corrected chi connectivity index (χ3v) is 17.3. The molecule has 4 aliphatic rings. The molecule has 562 valence electrons. The number of carbonyl (C=O) groups is 9. The van der Waals surface area contributed by atoms with Crippen LogP contribution < -0.4 is 61.6 Å². The van der Waals surface area contributed by atoms with E-state index in [4.69, 9.17) is 23.7 Å². The second kappa shape index (κ2) is 34.0. The molecule has 32 nitrogen and oxygen atoms in total. The van der Waals surface area contributed by atoms with E-state index < -0.39 is 23.5 Å². The lowest BCUT2D eigenvalue weighted by molar-refractivity contribution is -0.145. The third kappa shape index (κ3) is 17.9. The van der Waals surface area contributed by atoms with Crippen LogP contribution in [0.5, 0.6) is 17.2 Å². The average molecular weight is 1480 g/mol. The molecule has 109 heavy (non-hydrogen) atoms. The number of ether oxygens (including phenoxy) is 5. The number of aromatic amines is 3. The molecule has 2 atom stereocenters. The molecule has 15 rings (SSSR count). The number of nitrogens with zero attached hydrogens (tertiary/aromatic N) is 7. The van der Waals surface area contributed by atoms with Crippen LogP contribution in [0, 0.1) is 0 Å².